The molecular weight excluding hydrogens is 292 g/mol. The third kappa shape index (κ3) is 2.68. The summed E-state index contributed by atoms with van der Waals surface area (Å²) >= 11 is 0. The number of hydrogen-bond acceptors (Lipinski definition) is 5. The molecule has 0 fully saturated rings. The molecule has 5 nitrogen and oxygen atoms in total. The van der Waals surface area contributed by atoms with Crippen LogP contribution in [-0.4, -0.2) is 16.2 Å². The van der Waals surface area contributed by atoms with Gasteiger partial charge in [0.05, 0.1) is 5.39 Å². The van der Waals surface area contributed by atoms with Crippen molar-refractivity contribution in [3.05, 3.63) is 54.7 Å². The van der Waals surface area contributed by atoms with Crippen molar-refractivity contribution < 1.29 is 14.4 Å². The highest BCUT2D eigenvalue weighted by Crippen LogP contribution is 2.31. The highest BCUT2D eigenvalue weighted by molar-refractivity contribution is 5.90. The topological polar surface area (TPSA) is 67.9 Å². The van der Waals surface area contributed by atoms with Gasteiger partial charge < -0.3 is 14.4 Å². The maximum Gasteiger partial charge on any atom is 0.268 e. The molecule has 0 radical (unpaired) electrons. The molecule has 1 N–H and O–H groups in total. The molecule has 3 aromatic rings. The number of benzene rings is 2. The van der Waals surface area contributed by atoms with Crippen LogP contribution in [0.15, 0.2) is 64.3 Å². The largest absolute Gasteiger partial charge is 0.508 e. The second kappa shape index (κ2) is 5.61. The average Bonchev–Trinajstić information content (AvgIpc) is 2.99. The van der Waals surface area contributed by atoms with Gasteiger partial charge in [0.2, 0.25) is 0 Å². The second-order valence-corrected chi connectivity index (χ2v) is 5.29. The van der Waals surface area contributed by atoms with E-state index in [2.05, 4.69) is 10.1 Å². The summed E-state index contributed by atoms with van der Waals surface area (Å²) in [6, 6.07) is 12.8. The van der Waals surface area contributed by atoms with Gasteiger partial charge in [-0.25, -0.2) is 4.99 Å². The highest BCUT2D eigenvalue weighted by Gasteiger charge is 2.14. The van der Waals surface area contributed by atoms with Crippen LogP contribution in [0.4, 0.5) is 0 Å². The van der Waals surface area contributed by atoms with E-state index in [1.165, 1.54) is 0 Å². The highest BCUT2D eigenvalue weighted by atomic mass is 16.5. The first-order valence-corrected chi connectivity index (χ1v) is 7.38. The van der Waals surface area contributed by atoms with E-state index in [0.717, 1.165) is 29.4 Å². The zero-order valence-corrected chi connectivity index (χ0v) is 12.3. The summed E-state index contributed by atoms with van der Waals surface area (Å²) in [5.41, 5.74) is 2.65. The molecule has 0 aliphatic carbocycles. The standard InChI is InChI=1S/C18H14N2O3/c21-14-7-4-12(5-8-14)13-6-9-16-15(11-13)18(20-23-16)22-17-3-1-2-10-19-17/h2,4-11,21H,1,3H2. The summed E-state index contributed by atoms with van der Waals surface area (Å²) in [6.07, 6.45) is 5.40. The maximum atomic E-state index is 9.40. The average molecular weight is 306 g/mol. The minimum Gasteiger partial charge on any atom is -0.508 e. The number of aromatic nitrogens is 1. The Morgan fingerprint density at radius 1 is 1.04 bits per heavy atom. The van der Waals surface area contributed by atoms with Gasteiger partial charge in [-0.3, -0.25) is 0 Å². The van der Waals surface area contributed by atoms with Crippen LogP contribution in [0.2, 0.25) is 0 Å². The van der Waals surface area contributed by atoms with Crippen LogP contribution in [0, 0.1) is 0 Å². The van der Waals surface area contributed by atoms with E-state index < -0.39 is 0 Å². The fourth-order valence-corrected chi connectivity index (χ4v) is 2.49. The molecule has 1 aliphatic heterocycles. The van der Waals surface area contributed by atoms with Crippen molar-refractivity contribution in [2.75, 3.05) is 0 Å². The van der Waals surface area contributed by atoms with Crippen molar-refractivity contribution in [3.8, 4) is 22.8 Å². The molecule has 0 spiro atoms. The number of nitrogens with zero attached hydrogens (tertiary/aromatic N) is 2. The number of aromatic hydroxyl groups is 1. The molecule has 2 aromatic carbocycles. The van der Waals surface area contributed by atoms with E-state index in [-0.39, 0.29) is 5.75 Å². The minimum atomic E-state index is 0.243. The molecule has 1 aliphatic rings. The molecule has 23 heavy (non-hydrogen) atoms. The number of ether oxygens (including phenoxy) is 1. The molecule has 114 valence electrons. The van der Waals surface area contributed by atoms with E-state index in [4.69, 9.17) is 9.26 Å². The molecule has 0 atom stereocenters. The van der Waals surface area contributed by atoms with Crippen LogP contribution in [0.1, 0.15) is 12.8 Å². The molecule has 2 heterocycles. The predicted molar refractivity (Wildman–Crippen MR) is 87.5 cm³/mol. The van der Waals surface area contributed by atoms with Crippen LogP contribution >= 0.6 is 0 Å². The monoisotopic (exact) mass is 306 g/mol. The smallest absolute Gasteiger partial charge is 0.268 e. The fraction of sp³-hybridized carbons (Fsp3) is 0.111. The summed E-state index contributed by atoms with van der Waals surface area (Å²) in [5, 5.41) is 14.2. The summed E-state index contributed by atoms with van der Waals surface area (Å²) in [6.45, 7) is 0. The van der Waals surface area contributed by atoms with Gasteiger partial charge in [0, 0.05) is 12.6 Å². The first-order chi connectivity index (χ1) is 11.3. The Morgan fingerprint density at radius 2 is 1.87 bits per heavy atom. The molecule has 0 bridgehead atoms. The minimum absolute atomic E-state index is 0.243. The lowest BCUT2D eigenvalue weighted by Crippen LogP contribution is -2.09. The number of hydrogen-bond donors (Lipinski definition) is 1. The van der Waals surface area contributed by atoms with Gasteiger partial charge in [-0.05, 0) is 47.0 Å². The van der Waals surface area contributed by atoms with Crippen LogP contribution in [0.5, 0.6) is 11.6 Å². The Hall–Kier alpha value is -3.08. The number of aliphatic imine (C=N–C) groups is 1. The fourth-order valence-electron chi connectivity index (χ4n) is 2.49. The number of allylic oxidation sites excluding steroid dienone is 1. The molecule has 1 aromatic heterocycles. The molecular formula is C18H14N2O3. The van der Waals surface area contributed by atoms with Crippen molar-refractivity contribution >= 4 is 16.9 Å². The third-order valence-electron chi connectivity index (χ3n) is 3.70. The van der Waals surface area contributed by atoms with Crippen molar-refractivity contribution in [2.24, 2.45) is 4.99 Å². The van der Waals surface area contributed by atoms with Gasteiger partial charge in [-0.2, -0.15) is 0 Å². The van der Waals surface area contributed by atoms with E-state index in [1.54, 1.807) is 18.3 Å². The third-order valence-corrected chi connectivity index (χ3v) is 3.70. The first kappa shape index (κ1) is 13.6. The molecule has 0 unspecified atom stereocenters. The Labute approximate surface area is 132 Å². The van der Waals surface area contributed by atoms with Crippen LogP contribution in [0.3, 0.4) is 0 Å². The van der Waals surface area contributed by atoms with Crippen LogP contribution < -0.4 is 4.74 Å². The zero-order valence-electron chi connectivity index (χ0n) is 12.3. The lowest BCUT2D eigenvalue weighted by Gasteiger charge is -2.07. The maximum absolute atomic E-state index is 9.40. The molecule has 0 amide bonds. The number of phenols is 1. The quantitative estimate of drug-likeness (QED) is 0.767. The van der Waals surface area contributed by atoms with Crippen LogP contribution in [-0.2, 0) is 0 Å². The van der Waals surface area contributed by atoms with Gasteiger partial charge in [0.25, 0.3) is 5.88 Å². The van der Waals surface area contributed by atoms with Gasteiger partial charge in [-0.15, -0.1) is 0 Å². The Bertz CT molecular complexity index is 908. The summed E-state index contributed by atoms with van der Waals surface area (Å²) in [7, 11) is 0. The van der Waals surface area contributed by atoms with E-state index in [0.29, 0.717) is 17.4 Å². The van der Waals surface area contributed by atoms with Gasteiger partial charge in [0.15, 0.2) is 11.5 Å². The predicted octanol–water partition coefficient (Wildman–Crippen LogP) is 4.29. The SMILES string of the molecule is Oc1ccc(-c2ccc3onc(OC4=NC=CCC4)c3c2)cc1. The summed E-state index contributed by atoms with van der Waals surface area (Å²) < 4.78 is 11.1. The zero-order chi connectivity index (χ0) is 15.6. The number of rotatable bonds is 2. The van der Waals surface area contributed by atoms with Crippen molar-refractivity contribution in [1.29, 1.82) is 0 Å². The summed E-state index contributed by atoms with van der Waals surface area (Å²) in [4.78, 5) is 4.21. The lowest BCUT2D eigenvalue weighted by atomic mass is 10.0. The molecule has 0 saturated carbocycles. The summed E-state index contributed by atoms with van der Waals surface area (Å²) in [5.74, 6) is 1.31. The first-order valence-electron chi connectivity index (χ1n) is 7.38. The van der Waals surface area contributed by atoms with E-state index in [1.807, 2.05) is 36.4 Å². The number of fused-ring (bicyclic) bond motifs is 1. The van der Waals surface area contributed by atoms with Gasteiger partial charge in [-0.1, -0.05) is 24.3 Å². The van der Waals surface area contributed by atoms with Crippen molar-refractivity contribution in [1.82, 2.24) is 5.16 Å². The van der Waals surface area contributed by atoms with E-state index >= 15 is 0 Å². The molecule has 0 saturated heterocycles. The Balaban J connectivity index is 1.72. The normalized spacial score (nSPS) is 14.0. The van der Waals surface area contributed by atoms with Crippen molar-refractivity contribution in [3.63, 3.8) is 0 Å². The lowest BCUT2D eigenvalue weighted by molar-refractivity contribution is 0.402. The molecule has 4 rings (SSSR count). The van der Waals surface area contributed by atoms with Crippen LogP contribution in [0.25, 0.3) is 22.1 Å². The van der Waals surface area contributed by atoms with Gasteiger partial charge >= 0.3 is 0 Å². The Morgan fingerprint density at radius 3 is 2.65 bits per heavy atom. The second-order valence-electron chi connectivity index (χ2n) is 5.29. The van der Waals surface area contributed by atoms with Gasteiger partial charge in [0.1, 0.15) is 5.75 Å². The Kier molecular flexibility index (Phi) is 3.31. The molecule has 5 heteroatoms. The van der Waals surface area contributed by atoms with E-state index in [9.17, 15) is 5.11 Å². The number of phenolic OH excluding ortho intramolecular Hbond substituents is 1. The van der Waals surface area contributed by atoms with Crippen molar-refractivity contribution in [2.45, 2.75) is 12.8 Å².